The van der Waals surface area contributed by atoms with Crippen LogP contribution < -0.4 is 10.6 Å². The molecule has 1 aliphatic carbocycles. The van der Waals surface area contributed by atoms with E-state index in [1.54, 1.807) is 12.1 Å². The topological polar surface area (TPSA) is 44.4 Å². The molecule has 0 spiro atoms. The van der Waals surface area contributed by atoms with Crippen LogP contribution in [0.4, 0.5) is 4.39 Å². The number of piperazine rings is 1. The second-order valence-corrected chi connectivity index (χ2v) is 6.58. The van der Waals surface area contributed by atoms with Gasteiger partial charge in [0.1, 0.15) is 11.9 Å². The average molecular weight is 319 g/mol. The number of nitrogens with zero attached hydrogens (tertiary/aromatic N) is 1. The van der Waals surface area contributed by atoms with Crippen LogP contribution in [0.1, 0.15) is 43.7 Å². The van der Waals surface area contributed by atoms with Gasteiger partial charge in [0.05, 0.1) is 0 Å². The maximum atomic E-state index is 13.2. The number of hydrogen-bond acceptors (Lipinski definition) is 3. The lowest BCUT2D eigenvalue weighted by Crippen LogP contribution is -2.51. The molecule has 1 unspecified atom stereocenters. The SMILES string of the molecule is O=C(NC1CCCCC1)C(c1ccc(F)cc1)N1CCNCC1. The number of benzene rings is 1. The van der Waals surface area contributed by atoms with Crippen molar-refractivity contribution in [2.45, 2.75) is 44.2 Å². The molecule has 0 bridgehead atoms. The first-order chi connectivity index (χ1) is 11.2. The van der Waals surface area contributed by atoms with Gasteiger partial charge in [-0.1, -0.05) is 31.4 Å². The Bertz CT molecular complexity index is 508. The van der Waals surface area contributed by atoms with E-state index >= 15 is 0 Å². The standard InChI is InChI=1S/C18H26FN3O/c19-15-8-6-14(7-9-15)17(22-12-10-20-11-13-22)18(23)21-16-4-2-1-3-5-16/h6-9,16-17,20H,1-5,10-13H2,(H,21,23). The van der Waals surface area contributed by atoms with Crippen LogP contribution >= 0.6 is 0 Å². The highest BCUT2D eigenvalue weighted by atomic mass is 19.1. The molecule has 1 amide bonds. The molecule has 1 heterocycles. The van der Waals surface area contributed by atoms with Gasteiger partial charge >= 0.3 is 0 Å². The third-order valence-electron chi connectivity index (χ3n) is 4.90. The molecule has 2 aliphatic rings. The Kier molecular flexibility index (Phi) is 5.62. The molecule has 23 heavy (non-hydrogen) atoms. The van der Waals surface area contributed by atoms with Gasteiger partial charge in [-0.2, -0.15) is 0 Å². The summed E-state index contributed by atoms with van der Waals surface area (Å²) in [5, 5.41) is 6.55. The smallest absolute Gasteiger partial charge is 0.242 e. The molecule has 4 nitrogen and oxygen atoms in total. The van der Waals surface area contributed by atoms with Gasteiger partial charge in [-0.25, -0.2) is 4.39 Å². The maximum absolute atomic E-state index is 13.2. The average Bonchev–Trinajstić information content (AvgIpc) is 2.59. The van der Waals surface area contributed by atoms with Crippen LogP contribution in [0.3, 0.4) is 0 Å². The molecule has 1 aliphatic heterocycles. The summed E-state index contributed by atoms with van der Waals surface area (Å²) in [6.07, 6.45) is 5.80. The molecular formula is C18H26FN3O. The van der Waals surface area contributed by atoms with E-state index in [1.807, 2.05) is 0 Å². The zero-order valence-electron chi connectivity index (χ0n) is 13.6. The van der Waals surface area contributed by atoms with Gasteiger partial charge in [-0.15, -0.1) is 0 Å². The zero-order chi connectivity index (χ0) is 16.1. The molecule has 3 rings (SSSR count). The van der Waals surface area contributed by atoms with E-state index in [0.29, 0.717) is 6.04 Å². The summed E-state index contributed by atoms with van der Waals surface area (Å²) in [7, 11) is 0. The quantitative estimate of drug-likeness (QED) is 0.894. The van der Waals surface area contributed by atoms with Crippen molar-refractivity contribution in [2.24, 2.45) is 0 Å². The van der Waals surface area contributed by atoms with Crippen LogP contribution in [0.5, 0.6) is 0 Å². The fourth-order valence-corrected chi connectivity index (χ4v) is 3.64. The van der Waals surface area contributed by atoms with E-state index in [1.165, 1.54) is 31.4 Å². The van der Waals surface area contributed by atoms with Gasteiger partial charge in [-0.3, -0.25) is 9.69 Å². The molecule has 1 saturated heterocycles. The van der Waals surface area contributed by atoms with Crippen molar-refractivity contribution in [1.82, 2.24) is 15.5 Å². The predicted molar refractivity (Wildman–Crippen MR) is 88.6 cm³/mol. The summed E-state index contributed by atoms with van der Waals surface area (Å²) >= 11 is 0. The Balaban J connectivity index is 1.75. The van der Waals surface area contributed by atoms with Crippen LogP contribution in [0.15, 0.2) is 24.3 Å². The summed E-state index contributed by atoms with van der Waals surface area (Å²) in [5.74, 6) is -0.203. The molecule has 126 valence electrons. The molecule has 0 aromatic heterocycles. The minimum absolute atomic E-state index is 0.0606. The van der Waals surface area contributed by atoms with Gasteiger partial charge in [0.2, 0.25) is 5.91 Å². The molecular weight excluding hydrogens is 293 g/mol. The molecule has 0 radical (unpaired) electrons. The lowest BCUT2D eigenvalue weighted by atomic mass is 9.94. The molecule has 1 aromatic carbocycles. The van der Waals surface area contributed by atoms with E-state index < -0.39 is 0 Å². The van der Waals surface area contributed by atoms with Crippen molar-refractivity contribution in [1.29, 1.82) is 0 Å². The van der Waals surface area contributed by atoms with Crippen LogP contribution in [-0.2, 0) is 4.79 Å². The number of carbonyl (C=O) groups excluding carboxylic acids is 1. The highest BCUT2D eigenvalue weighted by Gasteiger charge is 2.30. The van der Waals surface area contributed by atoms with E-state index in [2.05, 4.69) is 15.5 Å². The normalized spacial score (nSPS) is 21.8. The summed E-state index contributed by atoms with van der Waals surface area (Å²) < 4.78 is 13.2. The molecule has 2 fully saturated rings. The summed E-state index contributed by atoms with van der Waals surface area (Å²) in [5.41, 5.74) is 0.876. The summed E-state index contributed by atoms with van der Waals surface area (Å²) in [6, 6.07) is 6.34. The van der Waals surface area contributed by atoms with Crippen LogP contribution in [-0.4, -0.2) is 43.0 Å². The second-order valence-electron chi connectivity index (χ2n) is 6.58. The Morgan fingerprint density at radius 3 is 2.43 bits per heavy atom. The number of halogens is 1. The van der Waals surface area contributed by atoms with Gasteiger partial charge in [-0.05, 0) is 30.5 Å². The number of hydrogen-bond donors (Lipinski definition) is 2. The van der Waals surface area contributed by atoms with Gasteiger partial charge in [0, 0.05) is 32.2 Å². The zero-order valence-corrected chi connectivity index (χ0v) is 13.6. The lowest BCUT2D eigenvalue weighted by molar-refractivity contribution is -0.128. The van der Waals surface area contributed by atoms with Crippen molar-refractivity contribution in [3.8, 4) is 0 Å². The van der Waals surface area contributed by atoms with Crippen molar-refractivity contribution >= 4 is 5.91 Å². The monoisotopic (exact) mass is 319 g/mol. The first-order valence-electron chi connectivity index (χ1n) is 8.74. The van der Waals surface area contributed by atoms with Crippen molar-refractivity contribution in [3.63, 3.8) is 0 Å². The first kappa shape index (κ1) is 16.4. The largest absolute Gasteiger partial charge is 0.352 e. The maximum Gasteiger partial charge on any atom is 0.242 e. The highest BCUT2D eigenvalue weighted by Crippen LogP contribution is 2.24. The molecule has 1 atom stereocenters. The first-order valence-corrected chi connectivity index (χ1v) is 8.74. The number of carbonyl (C=O) groups is 1. The number of amides is 1. The Labute approximate surface area is 137 Å². The Hall–Kier alpha value is -1.46. The fourth-order valence-electron chi connectivity index (χ4n) is 3.64. The number of nitrogens with one attached hydrogen (secondary N) is 2. The predicted octanol–water partition coefficient (Wildman–Crippen LogP) is 2.22. The summed E-state index contributed by atoms with van der Waals surface area (Å²) in [6.45, 7) is 3.43. The Morgan fingerprint density at radius 2 is 1.78 bits per heavy atom. The second kappa shape index (κ2) is 7.88. The Morgan fingerprint density at radius 1 is 1.13 bits per heavy atom. The van der Waals surface area contributed by atoms with Crippen LogP contribution in [0.2, 0.25) is 0 Å². The third-order valence-corrected chi connectivity index (χ3v) is 4.90. The highest BCUT2D eigenvalue weighted by molar-refractivity contribution is 5.83. The van der Waals surface area contributed by atoms with Gasteiger partial charge < -0.3 is 10.6 Å². The minimum Gasteiger partial charge on any atom is -0.352 e. The molecule has 2 N–H and O–H groups in total. The van der Waals surface area contributed by atoms with Crippen molar-refractivity contribution in [3.05, 3.63) is 35.6 Å². The summed E-state index contributed by atoms with van der Waals surface area (Å²) in [4.78, 5) is 15.1. The van der Waals surface area contributed by atoms with Crippen LogP contribution in [0.25, 0.3) is 0 Å². The van der Waals surface area contributed by atoms with Crippen molar-refractivity contribution < 1.29 is 9.18 Å². The van der Waals surface area contributed by atoms with E-state index in [-0.39, 0.29) is 17.8 Å². The van der Waals surface area contributed by atoms with Crippen molar-refractivity contribution in [2.75, 3.05) is 26.2 Å². The minimum atomic E-state index is -0.320. The number of rotatable bonds is 4. The van der Waals surface area contributed by atoms with Gasteiger partial charge in [0.15, 0.2) is 0 Å². The molecule has 1 saturated carbocycles. The fraction of sp³-hybridized carbons (Fsp3) is 0.611. The van der Waals surface area contributed by atoms with Crippen LogP contribution in [0, 0.1) is 5.82 Å². The third kappa shape index (κ3) is 4.30. The van der Waals surface area contributed by atoms with Gasteiger partial charge in [0.25, 0.3) is 0 Å². The lowest BCUT2D eigenvalue weighted by Gasteiger charge is -2.35. The molecule has 1 aromatic rings. The van der Waals surface area contributed by atoms with E-state index in [9.17, 15) is 9.18 Å². The molecule has 5 heteroatoms. The van der Waals surface area contributed by atoms with E-state index in [4.69, 9.17) is 0 Å². The van der Waals surface area contributed by atoms with E-state index in [0.717, 1.165) is 44.6 Å².